The Morgan fingerprint density at radius 2 is 1.69 bits per heavy atom. The Morgan fingerprint density at radius 3 is 2.36 bits per heavy atom. The van der Waals surface area contributed by atoms with Gasteiger partial charge in [-0.05, 0) is 69.0 Å². The van der Waals surface area contributed by atoms with Crippen molar-refractivity contribution in [3.8, 4) is 17.1 Å². The molecule has 0 N–H and O–H groups in total. The molecule has 0 radical (unpaired) electrons. The number of halogens is 3. The van der Waals surface area contributed by atoms with Crippen LogP contribution in [0.25, 0.3) is 11.3 Å². The lowest BCUT2D eigenvalue weighted by Gasteiger charge is -2.19. The Kier molecular flexibility index (Phi) is 7.40. The first kappa shape index (κ1) is 25.8. The molecule has 1 aliphatic rings. The van der Waals surface area contributed by atoms with Crippen molar-refractivity contribution in [1.82, 2.24) is 10.1 Å². The number of carbonyl (C=O) groups excluding carboxylic acids is 1. The minimum absolute atomic E-state index is 0.143. The van der Waals surface area contributed by atoms with Crippen molar-refractivity contribution in [2.24, 2.45) is 0 Å². The number of ether oxygens (including phenoxy) is 2. The Hall–Kier alpha value is -3.33. The van der Waals surface area contributed by atoms with Gasteiger partial charge in [-0.15, -0.1) is 0 Å². The first-order valence-corrected chi connectivity index (χ1v) is 11.8. The summed E-state index contributed by atoms with van der Waals surface area (Å²) in [6.07, 6.45) is -2.71. The largest absolute Gasteiger partial charge is 0.482 e. The van der Waals surface area contributed by atoms with Crippen molar-refractivity contribution in [3.05, 3.63) is 70.9 Å². The highest BCUT2D eigenvalue weighted by atomic mass is 19.4. The Bertz CT molecular complexity index is 1200. The van der Waals surface area contributed by atoms with Crippen molar-refractivity contribution in [2.75, 3.05) is 19.7 Å². The summed E-state index contributed by atoms with van der Waals surface area (Å²) in [5, 5.41) is 4.12. The molecule has 4 rings (SSSR count). The Labute approximate surface area is 208 Å². The number of fused-ring (bicyclic) bond motifs is 1. The lowest BCUT2D eigenvalue weighted by molar-refractivity contribution is -0.157. The number of hydrogen-bond donors (Lipinski definition) is 0. The number of carbonyl (C=O) groups is 1. The van der Waals surface area contributed by atoms with Gasteiger partial charge < -0.3 is 14.0 Å². The SMILES string of the molecule is CC(C)(C)OC(=O)COc1ccc2c(c1)CCN(Cc1cc(-c3ccc(C(F)(F)F)cc3)on1)CC2. The van der Waals surface area contributed by atoms with Gasteiger partial charge in [-0.3, -0.25) is 4.90 Å². The number of hydrogen-bond acceptors (Lipinski definition) is 6. The molecule has 0 amide bonds. The third kappa shape index (κ3) is 6.87. The molecule has 36 heavy (non-hydrogen) atoms. The fraction of sp³-hybridized carbons (Fsp3) is 0.407. The number of esters is 1. The van der Waals surface area contributed by atoms with Gasteiger partial charge in [-0.1, -0.05) is 23.4 Å². The fourth-order valence-electron chi connectivity index (χ4n) is 4.08. The van der Waals surface area contributed by atoms with E-state index in [-0.39, 0.29) is 6.61 Å². The summed E-state index contributed by atoms with van der Waals surface area (Å²) in [5.41, 5.74) is 2.41. The molecule has 6 nitrogen and oxygen atoms in total. The van der Waals surface area contributed by atoms with E-state index in [0.717, 1.165) is 43.8 Å². The van der Waals surface area contributed by atoms with Gasteiger partial charge >= 0.3 is 12.1 Å². The van der Waals surface area contributed by atoms with E-state index in [1.54, 1.807) is 6.07 Å². The van der Waals surface area contributed by atoms with Gasteiger partial charge in [0.1, 0.15) is 11.4 Å². The third-order valence-corrected chi connectivity index (χ3v) is 5.79. The predicted molar refractivity (Wildman–Crippen MR) is 127 cm³/mol. The van der Waals surface area contributed by atoms with E-state index in [0.29, 0.717) is 23.6 Å². The standard InChI is InChI=1S/C27H29F3N2O4/c1-26(2,3)35-25(33)17-34-23-9-6-18-10-12-32(13-11-20(18)14-23)16-22-15-24(36-31-22)19-4-7-21(8-5-19)27(28,29)30/h4-9,14-15H,10-13,16-17H2,1-3H3. The van der Waals surface area contributed by atoms with Crippen LogP contribution in [-0.2, 0) is 35.1 Å². The zero-order valence-electron chi connectivity index (χ0n) is 20.5. The summed E-state index contributed by atoms with van der Waals surface area (Å²) in [4.78, 5) is 14.2. The molecule has 0 unspecified atom stereocenters. The van der Waals surface area contributed by atoms with E-state index in [9.17, 15) is 18.0 Å². The third-order valence-electron chi connectivity index (χ3n) is 5.79. The molecule has 0 bridgehead atoms. The topological polar surface area (TPSA) is 64.8 Å². The summed E-state index contributed by atoms with van der Waals surface area (Å²) >= 11 is 0. The average molecular weight is 503 g/mol. The summed E-state index contributed by atoms with van der Waals surface area (Å²) in [5.74, 6) is 0.654. The van der Waals surface area contributed by atoms with Crippen LogP contribution in [0.15, 0.2) is 53.1 Å². The van der Waals surface area contributed by atoms with Crippen molar-refractivity contribution >= 4 is 5.97 Å². The zero-order chi connectivity index (χ0) is 25.9. The molecule has 1 aliphatic heterocycles. The molecule has 2 aromatic carbocycles. The van der Waals surface area contributed by atoms with E-state index in [1.165, 1.54) is 23.3 Å². The number of alkyl halides is 3. The van der Waals surface area contributed by atoms with Crippen molar-refractivity contribution in [1.29, 1.82) is 0 Å². The predicted octanol–water partition coefficient (Wildman–Crippen LogP) is 5.68. The molecule has 192 valence electrons. The van der Waals surface area contributed by atoms with Gasteiger partial charge in [-0.25, -0.2) is 4.79 Å². The molecule has 2 heterocycles. The zero-order valence-corrected chi connectivity index (χ0v) is 20.5. The second kappa shape index (κ2) is 10.3. The van der Waals surface area contributed by atoms with E-state index in [2.05, 4.69) is 10.1 Å². The molecule has 3 aromatic rings. The lowest BCUT2D eigenvalue weighted by atomic mass is 10.0. The average Bonchev–Trinajstić information content (AvgIpc) is 3.17. The van der Waals surface area contributed by atoms with E-state index in [4.69, 9.17) is 14.0 Å². The highest BCUT2D eigenvalue weighted by Crippen LogP contribution is 2.31. The van der Waals surface area contributed by atoms with Crippen LogP contribution in [0.2, 0.25) is 0 Å². The van der Waals surface area contributed by atoms with E-state index < -0.39 is 23.3 Å². The van der Waals surface area contributed by atoms with Crippen LogP contribution in [0.3, 0.4) is 0 Å². The van der Waals surface area contributed by atoms with Gasteiger partial charge in [0.15, 0.2) is 12.4 Å². The van der Waals surface area contributed by atoms with Gasteiger partial charge in [0, 0.05) is 31.3 Å². The highest BCUT2D eigenvalue weighted by molar-refractivity contribution is 5.71. The molecule has 0 saturated heterocycles. The molecular formula is C27H29F3N2O4. The monoisotopic (exact) mass is 502 g/mol. The van der Waals surface area contributed by atoms with Gasteiger partial charge in [0.25, 0.3) is 0 Å². The second-order valence-electron chi connectivity index (χ2n) is 9.84. The molecule has 0 atom stereocenters. The molecule has 0 fully saturated rings. The number of rotatable bonds is 6. The van der Waals surface area contributed by atoms with Gasteiger partial charge in [-0.2, -0.15) is 13.2 Å². The molecule has 0 aliphatic carbocycles. The quantitative estimate of drug-likeness (QED) is 0.404. The van der Waals surface area contributed by atoms with Crippen LogP contribution >= 0.6 is 0 Å². The first-order valence-electron chi connectivity index (χ1n) is 11.8. The molecular weight excluding hydrogens is 473 g/mol. The fourth-order valence-corrected chi connectivity index (χ4v) is 4.08. The summed E-state index contributed by atoms with van der Waals surface area (Å²) in [6.45, 7) is 7.49. The lowest BCUT2D eigenvalue weighted by Crippen LogP contribution is -2.27. The van der Waals surface area contributed by atoms with Crippen LogP contribution in [0.1, 0.15) is 43.2 Å². The summed E-state index contributed by atoms with van der Waals surface area (Å²) in [6, 6.07) is 12.5. The van der Waals surface area contributed by atoms with E-state index >= 15 is 0 Å². The maximum absolute atomic E-state index is 12.8. The van der Waals surface area contributed by atoms with Crippen molar-refractivity contribution < 1.29 is 32.0 Å². The maximum atomic E-state index is 12.8. The van der Waals surface area contributed by atoms with Crippen LogP contribution in [-0.4, -0.2) is 41.3 Å². The Morgan fingerprint density at radius 1 is 1.00 bits per heavy atom. The maximum Gasteiger partial charge on any atom is 0.416 e. The number of nitrogens with zero attached hydrogens (tertiary/aromatic N) is 2. The van der Waals surface area contributed by atoms with Crippen LogP contribution in [0.5, 0.6) is 5.75 Å². The normalized spacial score (nSPS) is 14.7. The molecule has 0 spiro atoms. The van der Waals surface area contributed by atoms with Crippen molar-refractivity contribution in [3.63, 3.8) is 0 Å². The first-order chi connectivity index (χ1) is 17.0. The molecule has 0 saturated carbocycles. The summed E-state index contributed by atoms with van der Waals surface area (Å²) in [7, 11) is 0. The summed E-state index contributed by atoms with van der Waals surface area (Å²) < 4.78 is 54.7. The smallest absolute Gasteiger partial charge is 0.416 e. The van der Waals surface area contributed by atoms with E-state index in [1.807, 2.05) is 39.0 Å². The molecule has 9 heteroatoms. The molecule has 1 aromatic heterocycles. The van der Waals surface area contributed by atoms with Gasteiger partial charge in [0.2, 0.25) is 0 Å². The number of benzene rings is 2. The van der Waals surface area contributed by atoms with Crippen molar-refractivity contribution in [2.45, 2.75) is 51.9 Å². The van der Waals surface area contributed by atoms with Crippen LogP contribution in [0, 0.1) is 0 Å². The van der Waals surface area contributed by atoms with Crippen LogP contribution in [0.4, 0.5) is 13.2 Å². The minimum atomic E-state index is -4.37. The minimum Gasteiger partial charge on any atom is -0.482 e. The number of aromatic nitrogens is 1. The Balaban J connectivity index is 1.33. The van der Waals surface area contributed by atoms with Gasteiger partial charge in [0.05, 0.1) is 11.3 Å². The highest BCUT2D eigenvalue weighted by Gasteiger charge is 2.30. The van der Waals surface area contributed by atoms with Crippen LogP contribution < -0.4 is 4.74 Å². The second-order valence-corrected chi connectivity index (χ2v) is 9.84.